The van der Waals surface area contributed by atoms with Crippen molar-refractivity contribution >= 4 is 44.5 Å². The molecule has 0 aliphatic carbocycles. The molecule has 0 bridgehead atoms. The molecule has 4 rings (SSSR count). The molecule has 3 aromatic carbocycles. The maximum atomic E-state index is 13.1. The van der Waals surface area contributed by atoms with E-state index in [9.17, 15) is 16.8 Å². The summed E-state index contributed by atoms with van der Waals surface area (Å²) in [5, 5.41) is 8.13. The highest BCUT2D eigenvalue weighted by molar-refractivity contribution is 7.95. The summed E-state index contributed by atoms with van der Waals surface area (Å²) in [7, 11) is -9.42. The summed E-state index contributed by atoms with van der Waals surface area (Å²) in [6, 6.07) is 18.3. The Labute approximate surface area is 206 Å². The van der Waals surface area contributed by atoms with E-state index in [2.05, 4.69) is 46.0 Å². The molecule has 0 aliphatic rings. The van der Waals surface area contributed by atoms with E-state index in [0.29, 0.717) is 5.69 Å². The molecule has 0 atom stereocenters. The number of nitrogens with zero attached hydrogens (tertiary/aromatic N) is 1. The predicted octanol–water partition coefficient (Wildman–Crippen LogP) is 4.66. The SMILES string of the molecule is C[Si](C)(C)C#Cc1cccc(-c2n[nH]c3ccc(NS(=O)(=O)c4ccccc4S(C)(=O)=O)cc23)c1. The van der Waals surface area contributed by atoms with Gasteiger partial charge >= 0.3 is 0 Å². The predicted molar refractivity (Wildman–Crippen MR) is 142 cm³/mol. The summed E-state index contributed by atoms with van der Waals surface area (Å²) in [6.07, 6.45) is 0.980. The van der Waals surface area contributed by atoms with Gasteiger partial charge in [-0.15, -0.1) is 5.54 Å². The van der Waals surface area contributed by atoms with Gasteiger partial charge in [0, 0.05) is 28.5 Å². The van der Waals surface area contributed by atoms with Crippen LogP contribution in [0.1, 0.15) is 5.56 Å². The first-order valence-corrected chi connectivity index (χ1v) is 17.6. The Balaban J connectivity index is 1.73. The summed E-state index contributed by atoms with van der Waals surface area (Å²) < 4.78 is 52.9. The van der Waals surface area contributed by atoms with Gasteiger partial charge in [-0.25, -0.2) is 16.8 Å². The summed E-state index contributed by atoms with van der Waals surface area (Å²) in [4.78, 5) is -0.558. The number of hydrogen-bond acceptors (Lipinski definition) is 5. The van der Waals surface area contributed by atoms with Crippen LogP contribution in [0, 0.1) is 11.5 Å². The average Bonchev–Trinajstić information content (AvgIpc) is 3.20. The minimum Gasteiger partial charge on any atom is -0.280 e. The molecule has 0 aliphatic heterocycles. The van der Waals surface area contributed by atoms with E-state index in [1.807, 2.05) is 24.3 Å². The van der Waals surface area contributed by atoms with Crippen LogP contribution in [-0.4, -0.2) is 41.4 Å². The molecular formula is C25H25N3O4S2Si. The molecule has 35 heavy (non-hydrogen) atoms. The standard InChI is InChI=1S/C25H25N3O4S2Si/c1-33(29,30)23-10-5-6-11-24(23)34(31,32)28-20-12-13-22-21(17-20)25(27-26-22)19-9-7-8-18(16-19)14-15-35(2,3)4/h5-13,16-17,28H,1-4H3,(H,26,27). The number of rotatable bonds is 5. The van der Waals surface area contributed by atoms with E-state index in [1.54, 1.807) is 18.2 Å². The number of sulfonamides is 1. The molecule has 4 aromatic rings. The van der Waals surface area contributed by atoms with Crippen molar-refractivity contribution in [1.29, 1.82) is 0 Å². The first-order chi connectivity index (χ1) is 16.3. The first kappa shape index (κ1) is 24.7. The number of anilines is 1. The van der Waals surface area contributed by atoms with Crippen LogP contribution in [0.2, 0.25) is 19.6 Å². The fraction of sp³-hybridized carbons (Fsp3) is 0.160. The minimum atomic E-state index is -4.16. The molecule has 0 fully saturated rings. The van der Waals surface area contributed by atoms with Crippen molar-refractivity contribution in [2.24, 2.45) is 0 Å². The lowest BCUT2D eigenvalue weighted by atomic mass is 10.1. The summed E-state index contributed by atoms with van der Waals surface area (Å²) >= 11 is 0. The summed E-state index contributed by atoms with van der Waals surface area (Å²) in [6.45, 7) is 6.55. The lowest BCUT2D eigenvalue weighted by molar-refractivity contribution is 0.588. The van der Waals surface area contributed by atoms with Gasteiger partial charge in [0.1, 0.15) is 18.7 Å². The monoisotopic (exact) mass is 523 g/mol. The maximum Gasteiger partial charge on any atom is 0.263 e. The molecular weight excluding hydrogens is 499 g/mol. The number of aromatic amines is 1. The Morgan fingerprint density at radius 2 is 1.60 bits per heavy atom. The summed E-state index contributed by atoms with van der Waals surface area (Å²) in [5.41, 5.74) is 6.77. The zero-order chi connectivity index (χ0) is 25.4. The van der Waals surface area contributed by atoms with Crippen molar-refractivity contribution in [1.82, 2.24) is 10.2 Å². The van der Waals surface area contributed by atoms with Crippen molar-refractivity contribution in [3.05, 3.63) is 72.3 Å². The van der Waals surface area contributed by atoms with E-state index in [1.165, 1.54) is 24.3 Å². The normalized spacial score (nSPS) is 12.2. The van der Waals surface area contributed by atoms with Crippen molar-refractivity contribution in [2.75, 3.05) is 11.0 Å². The molecule has 7 nitrogen and oxygen atoms in total. The molecule has 1 aromatic heterocycles. The number of fused-ring (bicyclic) bond motifs is 1. The third-order valence-electron chi connectivity index (χ3n) is 5.07. The van der Waals surface area contributed by atoms with Gasteiger partial charge in [0.05, 0.1) is 10.4 Å². The Bertz CT molecular complexity index is 1710. The topological polar surface area (TPSA) is 109 Å². The number of benzene rings is 3. The highest BCUT2D eigenvalue weighted by Gasteiger charge is 2.24. The lowest BCUT2D eigenvalue weighted by Crippen LogP contribution is -2.16. The van der Waals surface area contributed by atoms with Crippen LogP contribution in [0.25, 0.3) is 22.2 Å². The number of H-pyrrole nitrogens is 1. The minimum absolute atomic E-state index is 0.256. The van der Waals surface area contributed by atoms with Crippen LogP contribution in [-0.2, 0) is 19.9 Å². The second-order valence-electron chi connectivity index (χ2n) is 9.24. The molecule has 0 radical (unpaired) electrons. The van der Waals surface area contributed by atoms with Crippen LogP contribution in [0.3, 0.4) is 0 Å². The van der Waals surface area contributed by atoms with Crippen LogP contribution in [0.5, 0.6) is 0 Å². The molecule has 0 amide bonds. The molecule has 180 valence electrons. The zero-order valence-electron chi connectivity index (χ0n) is 19.7. The van der Waals surface area contributed by atoms with E-state index >= 15 is 0 Å². The van der Waals surface area contributed by atoms with E-state index in [4.69, 9.17) is 0 Å². The Morgan fingerprint density at radius 3 is 2.29 bits per heavy atom. The quantitative estimate of drug-likeness (QED) is 0.292. The van der Waals surface area contributed by atoms with Crippen LogP contribution in [0.4, 0.5) is 5.69 Å². The third-order valence-corrected chi connectivity index (χ3v) is 8.67. The molecule has 0 spiro atoms. The van der Waals surface area contributed by atoms with Gasteiger partial charge in [-0.1, -0.05) is 49.8 Å². The van der Waals surface area contributed by atoms with E-state index < -0.39 is 27.9 Å². The molecule has 10 heteroatoms. The van der Waals surface area contributed by atoms with E-state index in [0.717, 1.165) is 28.3 Å². The fourth-order valence-corrected chi connectivity index (χ4v) is 6.69. The average molecular weight is 524 g/mol. The van der Waals surface area contributed by atoms with Gasteiger partial charge in [-0.3, -0.25) is 9.82 Å². The number of nitrogens with one attached hydrogen (secondary N) is 2. The van der Waals surface area contributed by atoms with Crippen LogP contribution in [0.15, 0.2) is 76.5 Å². The Morgan fingerprint density at radius 1 is 0.886 bits per heavy atom. The van der Waals surface area contributed by atoms with Gasteiger partial charge in [0.15, 0.2) is 9.84 Å². The number of aromatic nitrogens is 2. The second-order valence-corrected chi connectivity index (χ2v) is 17.6. The van der Waals surface area contributed by atoms with E-state index in [-0.39, 0.29) is 15.5 Å². The van der Waals surface area contributed by atoms with Gasteiger partial charge < -0.3 is 0 Å². The number of sulfone groups is 1. The van der Waals surface area contributed by atoms with Gasteiger partial charge in [-0.05, 0) is 42.5 Å². The molecule has 0 saturated heterocycles. The van der Waals surface area contributed by atoms with Crippen molar-refractivity contribution < 1.29 is 16.8 Å². The molecule has 0 saturated carbocycles. The second kappa shape index (κ2) is 9.00. The van der Waals surface area contributed by atoms with Crippen LogP contribution < -0.4 is 4.72 Å². The highest BCUT2D eigenvalue weighted by atomic mass is 32.2. The Hall–Kier alpha value is -3.39. The van der Waals surface area contributed by atoms with Crippen LogP contribution >= 0.6 is 0 Å². The van der Waals surface area contributed by atoms with Gasteiger partial charge in [-0.2, -0.15) is 5.10 Å². The molecule has 0 unspecified atom stereocenters. The Kier molecular flexibility index (Phi) is 6.36. The largest absolute Gasteiger partial charge is 0.280 e. The smallest absolute Gasteiger partial charge is 0.263 e. The van der Waals surface area contributed by atoms with Crippen molar-refractivity contribution in [2.45, 2.75) is 29.4 Å². The highest BCUT2D eigenvalue weighted by Crippen LogP contribution is 2.30. The zero-order valence-corrected chi connectivity index (χ0v) is 22.4. The fourth-order valence-electron chi connectivity index (χ4n) is 3.49. The third kappa shape index (κ3) is 5.65. The van der Waals surface area contributed by atoms with Crippen molar-refractivity contribution in [3.8, 4) is 22.7 Å². The molecule has 1 heterocycles. The maximum absolute atomic E-state index is 13.1. The van der Waals surface area contributed by atoms with Gasteiger partial charge in [0.2, 0.25) is 0 Å². The van der Waals surface area contributed by atoms with Gasteiger partial charge in [0.25, 0.3) is 10.0 Å². The lowest BCUT2D eigenvalue weighted by Gasteiger charge is -2.11. The first-order valence-electron chi connectivity index (χ1n) is 10.8. The summed E-state index contributed by atoms with van der Waals surface area (Å²) in [5.74, 6) is 3.25. The van der Waals surface area contributed by atoms with Crippen molar-refractivity contribution in [3.63, 3.8) is 0 Å². The molecule has 2 N–H and O–H groups in total. The number of hydrogen-bond donors (Lipinski definition) is 2.